The molecule has 1 aliphatic rings. The molecule has 1 aromatic rings. The van der Waals surface area contributed by atoms with Crippen LogP contribution in [0.4, 0.5) is 10.5 Å². The Kier molecular flexibility index (Phi) is 3.48. The third-order valence-electron chi connectivity index (χ3n) is 3.25. The molecule has 1 fully saturated rings. The number of benzene rings is 1. The monoisotopic (exact) mass is 258 g/mol. The highest BCUT2D eigenvalue weighted by Crippen LogP contribution is 2.34. The van der Waals surface area contributed by atoms with Crippen molar-refractivity contribution in [2.24, 2.45) is 0 Å². The highest BCUT2D eigenvalue weighted by atomic mass is 16.6. The molecule has 1 amide bonds. The molecule has 1 aliphatic heterocycles. The van der Waals surface area contributed by atoms with E-state index in [0.717, 1.165) is 11.3 Å². The number of hydrogen-bond acceptors (Lipinski definition) is 3. The maximum Gasteiger partial charge on any atom is 0.415 e. The molecule has 0 bridgehead atoms. The van der Waals surface area contributed by atoms with Gasteiger partial charge in [-0.15, -0.1) is 0 Å². The van der Waals surface area contributed by atoms with Crippen LogP contribution in [-0.4, -0.2) is 18.7 Å². The number of nitrogens with zero attached hydrogens (tertiary/aromatic N) is 2. The van der Waals surface area contributed by atoms with E-state index in [9.17, 15) is 10.1 Å². The molecular weight excluding hydrogens is 240 g/mol. The summed E-state index contributed by atoms with van der Waals surface area (Å²) < 4.78 is 5.08. The zero-order valence-corrected chi connectivity index (χ0v) is 11.5. The number of carbonyl (C=O) groups is 1. The summed E-state index contributed by atoms with van der Waals surface area (Å²) in [4.78, 5) is 13.5. The molecule has 19 heavy (non-hydrogen) atoms. The number of ether oxygens (including phenoxy) is 1. The summed E-state index contributed by atoms with van der Waals surface area (Å²) >= 11 is 0. The minimum Gasteiger partial charge on any atom is -0.449 e. The number of carbonyl (C=O) groups excluding carboxylic acids is 1. The maximum absolute atomic E-state index is 12.0. The fourth-order valence-corrected chi connectivity index (χ4v) is 2.29. The van der Waals surface area contributed by atoms with Crippen LogP contribution in [0.25, 0.3) is 0 Å². The molecule has 2 rings (SSSR count). The molecule has 4 heteroatoms. The number of anilines is 1. The largest absolute Gasteiger partial charge is 0.449 e. The van der Waals surface area contributed by atoms with E-state index in [2.05, 4.69) is 26.8 Å². The van der Waals surface area contributed by atoms with Crippen molar-refractivity contribution in [2.45, 2.75) is 38.6 Å². The van der Waals surface area contributed by atoms with Gasteiger partial charge in [0.25, 0.3) is 0 Å². The molecule has 1 saturated heterocycles. The SMILES string of the molecule is CC(C)(C)c1ccccc1N1C(=O)OCCC1C#N. The summed E-state index contributed by atoms with van der Waals surface area (Å²) in [5.41, 5.74) is 1.70. The summed E-state index contributed by atoms with van der Waals surface area (Å²) in [6.45, 7) is 6.57. The Hall–Kier alpha value is -2.02. The highest BCUT2D eigenvalue weighted by molar-refractivity contribution is 5.91. The lowest BCUT2D eigenvalue weighted by Crippen LogP contribution is -2.46. The predicted octanol–water partition coefficient (Wildman–Crippen LogP) is 3.22. The lowest BCUT2D eigenvalue weighted by atomic mass is 9.85. The van der Waals surface area contributed by atoms with Gasteiger partial charge in [0.2, 0.25) is 0 Å². The van der Waals surface area contributed by atoms with Gasteiger partial charge in [-0.1, -0.05) is 39.0 Å². The molecule has 0 spiro atoms. The van der Waals surface area contributed by atoms with Crippen LogP contribution in [0.3, 0.4) is 0 Å². The number of hydrogen-bond donors (Lipinski definition) is 0. The van der Waals surface area contributed by atoms with Gasteiger partial charge >= 0.3 is 6.09 Å². The van der Waals surface area contributed by atoms with Crippen molar-refractivity contribution in [1.29, 1.82) is 5.26 Å². The average molecular weight is 258 g/mol. The molecule has 100 valence electrons. The van der Waals surface area contributed by atoms with E-state index in [-0.39, 0.29) is 5.41 Å². The third kappa shape index (κ3) is 2.55. The van der Waals surface area contributed by atoms with Crippen molar-refractivity contribution in [1.82, 2.24) is 0 Å². The van der Waals surface area contributed by atoms with Crippen LogP contribution in [0, 0.1) is 11.3 Å². The smallest absolute Gasteiger partial charge is 0.415 e. The molecule has 1 heterocycles. The van der Waals surface area contributed by atoms with Gasteiger partial charge in [0.1, 0.15) is 6.04 Å². The Morgan fingerprint density at radius 2 is 2.05 bits per heavy atom. The first-order valence-corrected chi connectivity index (χ1v) is 6.40. The van der Waals surface area contributed by atoms with Crippen LogP contribution in [-0.2, 0) is 10.2 Å². The van der Waals surface area contributed by atoms with Gasteiger partial charge in [-0.05, 0) is 17.0 Å². The number of amides is 1. The molecular formula is C15H18N2O2. The van der Waals surface area contributed by atoms with E-state index in [0.29, 0.717) is 13.0 Å². The molecule has 0 saturated carbocycles. The second kappa shape index (κ2) is 4.93. The van der Waals surface area contributed by atoms with Crippen molar-refractivity contribution in [2.75, 3.05) is 11.5 Å². The Bertz CT molecular complexity index is 526. The van der Waals surface area contributed by atoms with Gasteiger partial charge in [-0.25, -0.2) is 4.79 Å². The Morgan fingerprint density at radius 1 is 1.37 bits per heavy atom. The second-order valence-electron chi connectivity index (χ2n) is 5.69. The number of rotatable bonds is 1. The molecule has 1 atom stereocenters. The zero-order chi connectivity index (χ0) is 14.0. The van der Waals surface area contributed by atoms with Gasteiger partial charge < -0.3 is 4.74 Å². The molecule has 1 aromatic carbocycles. The summed E-state index contributed by atoms with van der Waals surface area (Å²) in [5, 5.41) is 9.23. The van der Waals surface area contributed by atoms with E-state index in [4.69, 9.17) is 4.74 Å². The minimum absolute atomic E-state index is 0.103. The fourth-order valence-electron chi connectivity index (χ4n) is 2.29. The topological polar surface area (TPSA) is 53.3 Å². The summed E-state index contributed by atoms with van der Waals surface area (Å²) in [6.07, 6.45) is 0.107. The molecule has 1 unspecified atom stereocenters. The Labute approximate surface area is 113 Å². The Balaban J connectivity index is 2.51. The van der Waals surface area contributed by atoms with Gasteiger partial charge in [0, 0.05) is 6.42 Å². The van der Waals surface area contributed by atoms with Crippen molar-refractivity contribution in [3.8, 4) is 6.07 Å². The lowest BCUT2D eigenvalue weighted by molar-refractivity contribution is 0.134. The first-order valence-electron chi connectivity index (χ1n) is 6.40. The van der Waals surface area contributed by atoms with Crippen LogP contribution in [0.2, 0.25) is 0 Å². The molecule has 0 N–H and O–H groups in total. The van der Waals surface area contributed by atoms with Gasteiger partial charge in [-0.3, -0.25) is 4.90 Å². The van der Waals surface area contributed by atoms with Crippen LogP contribution in [0.15, 0.2) is 24.3 Å². The van der Waals surface area contributed by atoms with Crippen molar-refractivity contribution < 1.29 is 9.53 Å². The Morgan fingerprint density at radius 3 is 2.68 bits per heavy atom. The maximum atomic E-state index is 12.0. The highest BCUT2D eigenvalue weighted by Gasteiger charge is 2.34. The number of para-hydroxylation sites is 1. The van der Waals surface area contributed by atoms with Gasteiger partial charge in [0.15, 0.2) is 0 Å². The summed E-state index contributed by atoms with van der Waals surface area (Å²) in [7, 11) is 0. The lowest BCUT2D eigenvalue weighted by Gasteiger charge is -2.34. The van der Waals surface area contributed by atoms with Crippen LogP contribution >= 0.6 is 0 Å². The zero-order valence-electron chi connectivity index (χ0n) is 11.5. The number of nitriles is 1. The normalized spacial score (nSPS) is 19.8. The van der Waals surface area contributed by atoms with E-state index in [1.807, 2.05) is 24.3 Å². The first-order chi connectivity index (χ1) is 8.95. The molecule has 0 aromatic heterocycles. The third-order valence-corrected chi connectivity index (χ3v) is 3.25. The van der Waals surface area contributed by atoms with Crippen molar-refractivity contribution >= 4 is 11.8 Å². The first kappa shape index (κ1) is 13.4. The number of cyclic esters (lactones) is 1. The second-order valence-corrected chi connectivity index (χ2v) is 5.69. The quantitative estimate of drug-likeness (QED) is 0.777. The van der Waals surface area contributed by atoms with Crippen LogP contribution in [0.5, 0.6) is 0 Å². The standard InChI is InChI=1S/C15H18N2O2/c1-15(2,3)12-6-4-5-7-13(12)17-11(10-16)8-9-19-14(17)18/h4-7,11H,8-9H2,1-3H3. The molecule has 4 nitrogen and oxygen atoms in total. The average Bonchev–Trinajstić information content (AvgIpc) is 2.37. The molecule has 0 aliphatic carbocycles. The van der Waals surface area contributed by atoms with E-state index in [1.165, 1.54) is 4.90 Å². The molecule has 0 radical (unpaired) electrons. The van der Waals surface area contributed by atoms with Gasteiger partial charge in [-0.2, -0.15) is 5.26 Å². The fraction of sp³-hybridized carbons (Fsp3) is 0.467. The van der Waals surface area contributed by atoms with Gasteiger partial charge in [0.05, 0.1) is 18.4 Å². The van der Waals surface area contributed by atoms with Crippen molar-refractivity contribution in [3.05, 3.63) is 29.8 Å². The van der Waals surface area contributed by atoms with Crippen LogP contribution < -0.4 is 4.90 Å². The van der Waals surface area contributed by atoms with Crippen molar-refractivity contribution in [3.63, 3.8) is 0 Å². The van der Waals surface area contributed by atoms with E-state index < -0.39 is 12.1 Å². The minimum atomic E-state index is -0.454. The van der Waals surface area contributed by atoms with E-state index in [1.54, 1.807) is 0 Å². The summed E-state index contributed by atoms with van der Waals surface area (Å²) in [5.74, 6) is 0. The summed E-state index contributed by atoms with van der Waals surface area (Å²) in [6, 6.07) is 9.42. The predicted molar refractivity (Wildman–Crippen MR) is 73.0 cm³/mol. The van der Waals surface area contributed by atoms with E-state index >= 15 is 0 Å². The van der Waals surface area contributed by atoms with Crippen LogP contribution in [0.1, 0.15) is 32.8 Å².